The summed E-state index contributed by atoms with van der Waals surface area (Å²) >= 11 is 0. The van der Waals surface area contributed by atoms with Crippen molar-refractivity contribution in [2.24, 2.45) is 0 Å². The van der Waals surface area contributed by atoms with Crippen LogP contribution in [0.25, 0.3) is 0 Å². The van der Waals surface area contributed by atoms with Crippen molar-refractivity contribution in [3.8, 4) is 0 Å². The minimum Gasteiger partial charge on any atom is -0.473 e. The molecule has 0 spiro atoms. The van der Waals surface area contributed by atoms with Gasteiger partial charge in [0.2, 0.25) is 0 Å². The van der Waals surface area contributed by atoms with Gasteiger partial charge < -0.3 is 29.7 Å². The first-order valence-electron chi connectivity index (χ1n) is 6.51. The highest BCUT2D eigenvalue weighted by molar-refractivity contribution is 6.27. The van der Waals surface area contributed by atoms with Crippen LogP contribution < -0.4 is 10.6 Å². The van der Waals surface area contributed by atoms with Gasteiger partial charge in [-0.15, -0.1) is 0 Å². The zero-order valence-corrected chi connectivity index (χ0v) is 12.0. The van der Waals surface area contributed by atoms with Crippen molar-refractivity contribution in [1.82, 2.24) is 10.6 Å². The van der Waals surface area contributed by atoms with E-state index in [1.54, 1.807) is 18.4 Å². The molecule has 23 heavy (non-hydrogen) atoms. The molecule has 0 atom stereocenters. The molecule has 0 aliphatic heterocycles. The van der Waals surface area contributed by atoms with Gasteiger partial charge in [0.15, 0.2) is 5.76 Å². The predicted molar refractivity (Wildman–Crippen MR) is 76.7 cm³/mol. The number of carbonyl (C=O) groups excluding carboxylic acids is 1. The summed E-state index contributed by atoms with van der Waals surface area (Å²) in [4.78, 5) is 29.6. The first-order chi connectivity index (χ1) is 11.0. The van der Waals surface area contributed by atoms with E-state index < -0.39 is 11.9 Å². The molecule has 0 bridgehead atoms. The molecule has 0 saturated carbocycles. The number of carboxylic acids is 2. The largest absolute Gasteiger partial charge is 0.473 e. The molecule has 0 saturated heterocycles. The number of nitrogens with one attached hydrogen (secondary N) is 2. The Morgan fingerprint density at radius 3 is 2.13 bits per heavy atom. The van der Waals surface area contributed by atoms with Crippen LogP contribution in [0.15, 0.2) is 45.6 Å². The summed E-state index contributed by atoms with van der Waals surface area (Å²) in [6, 6.07) is 7.06. The van der Waals surface area contributed by atoms with Crippen molar-refractivity contribution in [2.75, 3.05) is 13.1 Å². The van der Waals surface area contributed by atoms with Gasteiger partial charge in [0.25, 0.3) is 5.91 Å². The molecule has 2 aromatic heterocycles. The average molecular weight is 324 g/mol. The molecule has 9 heteroatoms. The van der Waals surface area contributed by atoms with E-state index in [4.69, 9.17) is 28.6 Å². The predicted octanol–water partition coefficient (Wildman–Crippen LogP) is 0.548. The lowest BCUT2D eigenvalue weighted by atomic mass is 10.4. The summed E-state index contributed by atoms with van der Waals surface area (Å²) in [5, 5.41) is 20.7. The fraction of sp³-hybridized carbons (Fsp3) is 0.214. The first-order valence-corrected chi connectivity index (χ1v) is 6.51. The number of hydrogen-bond acceptors (Lipinski definition) is 6. The molecule has 9 nitrogen and oxygen atoms in total. The van der Waals surface area contributed by atoms with E-state index in [-0.39, 0.29) is 5.91 Å². The van der Waals surface area contributed by atoms with Gasteiger partial charge in [-0.25, -0.2) is 9.59 Å². The SMILES string of the molecule is O=C(NCCNCc1ccco1)c1ccco1.O=C(O)C(=O)O. The minimum atomic E-state index is -1.82. The third-order valence-corrected chi connectivity index (χ3v) is 2.39. The molecule has 4 N–H and O–H groups in total. The number of hydrogen-bond donors (Lipinski definition) is 4. The van der Waals surface area contributed by atoms with Gasteiger partial charge in [-0.05, 0) is 24.3 Å². The van der Waals surface area contributed by atoms with Crippen molar-refractivity contribution in [3.05, 3.63) is 48.3 Å². The van der Waals surface area contributed by atoms with Gasteiger partial charge in [0.1, 0.15) is 5.76 Å². The first kappa shape index (κ1) is 18.0. The maximum absolute atomic E-state index is 11.4. The normalized spacial score (nSPS) is 9.57. The molecule has 0 aliphatic carbocycles. The number of furan rings is 2. The number of amides is 1. The van der Waals surface area contributed by atoms with Crippen LogP contribution in [0, 0.1) is 0 Å². The van der Waals surface area contributed by atoms with E-state index in [1.807, 2.05) is 12.1 Å². The average Bonchev–Trinajstić information content (AvgIpc) is 3.20. The molecule has 124 valence electrons. The van der Waals surface area contributed by atoms with E-state index in [0.29, 0.717) is 25.4 Å². The molecule has 2 heterocycles. The Morgan fingerprint density at radius 1 is 0.957 bits per heavy atom. The van der Waals surface area contributed by atoms with E-state index >= 15 is 0 Å². The van der Waals surface area contributed by atoms with Crippen LogP contribution in [0.2, 0.25) is 0 Å². The van der Waals surface area contributed by atoms with Crippen LogP contribution in [0.1, 0.15) is 16.3 Å². The number of rotatable bonds is 6. The molecule has 2 rings (SSSR count). The van der Waals surface area contributed by atoms with E-state index in [9.17, 15) is 4.79 Å². The minimum absolute atomic E-state index is 0.199. The van der Waals surface area contributed by atoms with Crippen LogP contribution in [0.4, 0.5) is 0 Å². The number of carboxylic acid groups (broad SMARTS) is 2. The van der Waals surface area contributed by atoms with E-state index in [2.05, 4.69) is 10.6 Å². The van der Waals surface area contributed by atoms with Crippen LogP contribution >= 0.6 is 0 Å². The summed E-state index contributed by atoms with van der Waals surface area (Å²) in [7, 11) is 0. The van der Waals surface area contributed by atoms with Crippen molar-refractivity contribution >= 4 is 17.8 Å². The van der Waals surface area contributed by atoms with Crippen molar-refractivity contribution in [2.45, 2.75) is 6.54 Å². The second-order valence-corrected chi connectivity index (χ2v) is 4.10. The topological polar surface area (TPSA) is 142 Å². The van der Waals surface area contributed by atoms with E-state index in [1.165, 1.54) is 6.26 Å². The van der Waals surface area contributed by atoms with Gasteiger partial charge in [-0.1, -0.05) is 0 Å². The Hall–Kier alpha value is -3.07. The summed E-state index contributed by atoms with van der Waals surface area (Å²) in [5.41, 5.74) is 0. The Balaban J connectivity index is 0.000000379. The van der Waals surface area contributed by atoms with Crippen LogP contribution in [-0.4, -0.2) is 41.1 Å². The fourth-order valence-corrected chi connectivity index (χ4v) is 1.38. The Morgan fingerprint density at radius 2 is 1.61 bits per heavy atom. The summed E-state index contributed by atoms with van der Waals surface area (Å²) in [6.07, 6.45) is 3.11. The van der Waals surface area contributed by atoms with Gasteiger partial charge >= 0.3 is 11.9 Å². The third-order valence-electron chi connectivity index (χ3n) is 2.39. The highest BCUT2D eigenvalue weighted by Gasteiger charge is 2.06. The Kier molecular flexibility index (Phi) is 7.65. The molecule has 1 amide bonds. The second-order valence-electron chi connectivity index (χ2n) is 4.10. The molecule has 0 aliphatic rings. The van der Waals surface area contributed by atoms with Crippen molar-refractivity contribution in [3.63, 3.8) is 0 Å². The van der Waals surface area contributed by atoms with Crippen LogP contribution in [0.3, 0.4) is 0 Å². The lowest BCUT2D eigenvalue weighted by Crippen LogP contribution is -2.31. The van der Waals surface area contributed by atoms with Crippen LogP contribution in [-0.2, 0) is 16.1 Å². The lowest BCUT2D eigenvalue weighted by Gasteiger charge is -2.04. The maximum Gasteiger partial charge on any atom is 0.414 e. The highest BCUT2D eigenvalue weighted by atomic mass is 16.4. The zero-order chi connectivity index (χ0) is 17.1. The van der Waals surface area contributed by atoms with E-state index in [0.717, 1.165) is 5.76 Å². The summed E-state index contributed by atoms with van der Waals surface area (Å²) < 4.78 is 10.1. The third kappa shape index (κ3) is 7.48. The Bertz CT molecular complexity index is 593. The van der Waals surface area contributed by atoms with Gasteiger partial charge in [0.05, 0.1) is 19.1 Å². The second kappa shape index (κ2) is 9.79. The molecular weight excluding hydrogens is 308 g/mol. The summed E-state index contributed by atoms with van der Waals surface area (Å²) in [6.45, 7) is 1.87. The summed E-state index contributed by atoms with van der Waals surface area (Å²) in [5.74, 6) is -2.64. The van der Waals surface area contributed by atoms with Gasteiger partial charge in [-0.3, -0.25) is 4.79 Å². The molecule has 0 aromatic carbocycles. The number of aliphatic carboxylic acids is 2. The van der Waals surface area contributed by atoms with Gasteiger partial charge in [0, 0.05) is 13.1 Å². The molecule has 0 fully saturated rings. The molecule has 0 unspecified atom stereocenters. The Labute approximate surface area is 130 Å². The van der Waals surface area contributed by atoms with Crippen molar-refractivity contribution < 1.29 is 33.4 Å². The monoisotopic (exact) mass is 324 g/mol. The van der Waals surface area contributed by atoms with Gasteiger partial charge in [-0.2, -0.15) is 0 Å². The quantitative estimate of drug-likeness (QED) is 0.445. The van der Waals surface area contributed by atoms with Crippen LogP contribution in [0.5, 0.6) is 0 Å². The molecule has 0 radical (unpaired) electrons. The van der Waals surface area contributed by atoms with Crippen molar-refractivity contribution in [1.29, 1.82) is 0 Å². The number of carbonyl (C=O) groups is 3. The molecule has 2 aromatic rings. The molecular formula is C14H16N2O7. The lowest BCUT2D eigenvalue weighted by molar-refractivity contribution is -0.159. The maximum atomic E-state index is 11.4. The highest BCUT2D eigenvalue weighted by Crippen LogP contribution is 1.99. The fourth-order valence-electron chi connectivity index (χ4n) is 1.38. The smallest absolute Gasteiger partial charge is 0.414 e. The standard InChI is InChI=1S/C12H14N2O3.C2H2O4/c15-12(11-4-2-8-17-11)14-6-5-13-9-10-3-1-7-16-10;3-1(4)2(5)6/h1-4,7-8,13H,5-6,9H2,(H,14,15);(H,3,4)(H,5,6). The zero-order valence-electron chi connectivity index (χ0n) is 12.0.